The second-order valence-corrected chi connectivity index (χ2v) is 10.3. The number of carboxylic acid groups (broad SMARTS) is 1. The lowest BCUT2D eigenvalue weighted by molar-refractivity contribution is -0.155. The molecule has 1 amide bonds. The van der Waals surface area contributed by atoms with Crippen LogP contribution in [0.15, 0.2) is 54.7 Å². The van der Waals surface area contributed by atoms with E-state index in [1.165, 1.54) is 6.07 Å². The Morgan fingerprint density at radius 1 is 1.18 bits per heavy atom. The van der Waals surface area contributed by atoms with E-state index in [1.54, 1.807) is 12.3 Å². The summed E-state index contributed by atoms with van der Waals surface area (Å²) in [4.78, 5) is 30.9. The van der Waals surface area contributed by atoms with E-state index in [0.717, 1.165) is 36.8 Å². The fourth-order valence-electron chi connectivity index (χ4n) is 6.41. The van der Waals surface area contributed by atoms with Crippen LogP contribution in [0, 0.1) is 17.2 Å². The van der Waals surface area contributed by atoms with Crippen molar-refractivity contribution < 1.29 is 19.1 Å². The fourth-order valence-corrected chi connectivity index (χ4v) is 6.41. The Labute approximate surface area is 199 Å². The number of aromatic nitrogens is 1. The molecule has 2 fully saturated rings. The number of halogens is 1. The molecular weight excluding hydrogens is 431 g/mol. The molecule has 178 valence electrons. The molecule has 2 aliphatic rings. The minimum atomic E-state index is -0.832. The summed E-state index contributed by atoms with van der Waals surface area (Å²) in [6, 6.07) is 14.7. The molecule has 2 aromatic carbocycles. The summed E-state index contributed by atoms with van der Waals surface area (Å²) in [5, 5.41) is 10.3. The molecule has 2 heterocycles. The van der Waals surface area contributed by atoms with Crippen molar-refractivity contribution in [2.24, 2.45) is 11.3 Å². The summed E-state index contributed by atoms with van der Waals surface area (Å²) in [6.07, 6.45) is 6.57. The number of hydrogen-bond acceptors (Lipinski definition) is 2. The Morgan fingerprint density at radius 2 is 1.97 bits per heavy atom. The highest BCUT2D eigenvalue weighted by Gasteiger charge is 2.49. The summed E-state index contributed by atoms with van der Waals surface area (Å²) in [6.45, 7) is 2.40. The van der Waals surface area contributed by atoms with Crippen molar-refractivity contribution >= 4 is 22.8 Å². The average Bonchev–Trinajstić information content (AvgIpc) is 3.27. The number of aliphatic carboxylic acids is 1. The van der Waals surface area contributed by atoms with Crippen molar-refractivity contribution in [1.82, 2.24) is 9.88 Å². The molecule has 2 N–H and O–H groups in total. The third kappa shape index (κ3) is 3.99. The molecule has 0 radical (unpaired) electrons. The van der Waals surface area contributed by atoms with Gasteiger partial charge in [0.2, 0.25) is 5.91 Å². The Kier molecular flexibility index (Phi) is 5.92. The number of hydrogen-bond donors (Lipinski definition) is 2. The van der Waals surface area contributed by atoms with Gasteiger partial charge in [0.15, 0.2) is 0 Å². The van der Waals surface area contributed by atoms with Crippen LogP contribution >= 0.6 is 0 Å². The number of carboxylic acids is 1. The van der Waals surface area contributed by atoms with Crippen LogP contribution in [-0.2, 0) is 9.59 Å². The lowest BCUT2D eigenvalue weighted by Crippen LogP contribution is -2.58. The van der Waals surface area contributed by atoms with Gasteiger partial charge in [0.1, 0.15) is 5.82 Å². The number of H-pyrrole nitrogens is 1. The van der Waals surface area contributed by atoms with Gasteiger partial charge in [-0.25, -0.2) is 4.39 Å². The standard InChI is InChI=1S/C28H31FN2O3/c1-28-13-6-5-12-24(28)31(17-19(15-28)27(33)34)25(32)14-20(18-8-3-2-4-9-18)21-16-30-23-11-7-10-22(29)26(21)23/h2-4,7-11,16,19-20,24,30H,5-6,12-15,17H2,1H3,(H,33,34). The zero-order chi connectivity index (χ0) is 23.9. The lowest BCUT2D eigenvalue weighted by Gasteiger charge is -2.53. The van der Waals surface area contributed by atoms with Crippen LogP contribution in [0.2, 0.25) is 0 Å². The molecule has 1 aliphatic carbocycles. The SMILES string of the molecule is CC12CCCCC1N(C(=O)CC(c1ccccc1)c1c[nH]c3cccc(F)c13)CC(C(=O)O)C2. The first-order chi connectivity index (χ1) is 16.4. The highest BCUT2D eigenvalue weighted by atomic mass is 19.1. The van der Waals surface area contributed by atoms with Crippen molar-refractivity contribution in [3.8, 4) is 0 Å². The average molecular weight is 463 g/mol. The number of likely N-dealkylation sites (tertiary alicyclic amines) is 1. The minimum absolute atomic E-state index is 0.0522. The van der Waals surface area contributed by atoms with E-state index in [-0.39, 0.29) is 42.1 Å². The van der Waals surface area contributed by atoms with Gasteiger partial charge in [-0.1, -0.05) is 56.2 Å². The largest absolute Gasteiger partial charge is 0.481 e. The van der Waals surface area contributed by atoms with Crippen molar-refractivity contribution in [1.29, 1.82) is 0 Å². The second kappa shape index (κ2) is 8.90. The number of amides is 1. The van der Waals surface area contributed by atoms with Crippen molar-refractivity contribution in [2.75, 3.05) is 6.54 Å². The number of aromatic amines is 1. The molecule has 4 unspecified atom stereocenters. The molecular formula is C28H31FN2O3. The van der Waals surface area contributed by atoms with Crippen LogP contribution in [0.4, 0.5) is 4.39 Å². The third-order valence-corrected chi connectivity index (χ3v) is 8.10. The smallest absolute Gasteiger partial charge is 0.308 e. The zero-order valence-electron chi connectivity index (χ0n) is 19.5. The number of carbonyl (C=O) groups excluding carboxylic acids is 1. The van der Waals surface area contributed by atoms with Gasteiger partial charge >= 0.3 is 5.97 Å². The zero-order valence-corrected chi connectivity index (χ0v) is 19.5. The van der Waals surface area contributed by atoms with Crippen LogP contribution in [0.5, 0.6) is 0 Å². The van der Waals surface area contributed by atoms with Crippen molar-refractivity contribution in [3.63, 3.8) is 0 Å². The second-order valence-electron chi connectivity index (χ2n) is 10.3. The molecule has 5 nitrogen and oxygen atoms in total. The topological polar surface area (TPSA) is 73.4 Å². The molecule has 6 heteroatoms. The number of piperidine rings is 1. The molecule has 0 bridgehead atoms. The molecule has 34 heavy (non-hydrogen) atoms. The monoisotopic (exact) mass is 462 g/mol. The van der Waals surface area contributed by atoms with E-state index < -0.39 is 11.9 Å². The number of nitrogens with one attached hydrogen (secondary N) is 1. The van der Waals surface area contributed by atoms with Crippen molar-refractivity contribution in [2.45, 2.75) is 57.4 Å². The van der Waals surface area contributed by atoms with Gasteiger partial charge in [0.05, 0.1) is 5.92 Å². The molecule has 5 rings (SSSR count). The Bertz CT molecular complexity index is 1210. The summed E-state index contributed by atoms with van der Waals surface area (Å²) in [7, 11) is 0. The predicted molar refractivity (Wildman–Crippen MR) is 129 cm³/mol. The maximum Gasteiger partial charge on any atom is 0.308 e. The van der Waals surface area contributed by atoms with Crippen LogP contribution < -0.4 is 0 Å². The maximum absolute atomic E-state index is 14.9. The number of carbonyl (C=O) groups is 2. The van der Waals surface area contributed by atoms with E-state index >= 15 is 0 Å². The van der Waals surface area contributed by atoms with Gasteiger partial charge < -0.3 is 15.0 Å². The van der Waals surface area contributed by atoms with E-state index in [4.69, 9.17) is 0 Å². The van der Waals surface area contributed by atoms with Gasteiger partial charge in [0, 0.05) is 42.0 Å². The van der Waals surface area contributed by atoms with Crippen LogP contribution in [0.3, 0.4) is 0 Å². The number of rotatable bonds is 5. The summed E-state index contributed by atoms with van der Waals surface area (Å²) in [5.41, 5.74) is 2.22. The van der Waals surface area contributed by atoms with E-state index in [0.29, 0.717) is 17.3 Å². The Morgan fingerprint density at radius 3 is 2.74 bits per heavy atom. The predicted octanol–water partition coefficient (Wildman–Crippen LogP) is 5.71. The third-order valence-electron chi connectivity index (χ3n) is 8.10. The van der Waals surface area contributed by atoms with Crippen molar-refractivity contribution in [3.05, 3.63) is 71.7 Å². The number of benzene rings is 2. The van der Waals surface area contributed by atoms with Crippen LogP contribution in [-0.4, -0.2) is 39.5 Å². The summed E-state index contributed by atoms with van der Waals surface area (Å²) in [5.74, 6) is -2.08. The quantitative estimate of drug-likeness (QED) is 0.510. The lowest BCUT2D eigenvalue weighted by atomic mass is 9.64. The Hall–Kier alpha value is -3.15. The molecule has 1 saturated heterocycles. The number of fused-ring (bicyclic) bond motifs is 2. The minimum Gasteiger partial charge on any atom is -0.481 e. The molecule has 1 saturated carbocycles. The van der Waals surface area contributed by atoms with E-state index in [1.807, 2.05) is 41.3 Å². The molecule has 1 aromatic heterocycles. The highest BCUT2D eigenvalue weighted by molar-refractivity contribution is 5.87. The first-order valence-electron chi connectivity index (χ1n) is 12.2. The normalized spacial score (nSPS) is 25.6. The van der Waals surface area contributed by atoms with Crippen LogP contribution in [0.25, 0.3) is 10.9 Å². The first kappa shape index (κ1) is 22.6. The Balaban J connectivity index is 1.52. The van der Waals surface area contributed by atoms with Gasteiger partial charge in [-0.3, -0.25) is 9.59 Å². The first-order valence-corrected chi connectivity index (χ1v) is 12.2. The maximum atomic E-state index is 14.9. The highest BCUT2D eigenvalue weighted by Crippen LogP contribution is 2.48. The van der Waals surface area contributed by atoms with Gasteiger partial charge in [-0.2, -0.15) is 0 Å². The van der Waals surface area contributed by atoms with E-state index in [9.17, 15) is 19.1 Å². The molecule has 3 aromatic rings. The number of nitrogens with zero attached hydrogens (tertiary/aromatic N) is 1. The summed E-state index contributed by atoms with van der Waals surface area (Å²) >= 11 is 0. The van der Waals surface area contributed by atoms with Gasteiger partial charge in [0.25, 0.3) is 0 Å². The van der Waals surface area contributed by atoms with E-state index in [2.05, 4.69) is 11.9 Å². The van der Waals surface area contributed by atoms with Crippen LogP contribution in [0.1, 0.15) is 62.5 Å². The van der Waals surface area contributed by atoms with Gasteiger partial charge in [-0.15, -0.1) is 0 Å². The molecule has 0 spiro atoms. The molecule has 1 aliphatic heterocycles. The fraction of sp³-hybridized carbons (Fsp3) is 0.429. The summed E-state index contributed by atoms with van der Waals surface area (Å²) < 4.78 is 14.9. The molecule has 4 atom stereocenters. The van der Waals surface area contributed by atoms with Gasteiger partial charge in [-0.05, 0) is 47.9 Å².